The monoisotopic (exact) mass is 565 g/mol. The number of nitrogens with zero attached hydrogens (tertiary/aromatic N) is 5. The zero-order valence-electron chi connectivity index (χ0n) is 20.4. The highest BCUT2D eigenvalue weighted by Gasteiger charge is 2.47. The fraction of sp³-hybridized carbons (Fsp3) is 0.120. The second-order valence-electron chi connectivity index (χ2n) is 8.68. The van der Waals surface area contributed by atoms with Crippen LogP contribution in [0.3, 0.4) is 0 Å². The lowest BCUT2D eigenvalue weighted by atomic mass is 9.95. The molecule has 1 N–H and O–H groups in total. The van der Waals surface area contributed by atoms with Crippen LogP contribution >= 0.6 is 11.3 Å². The van der Waals surface area contributed by atoms with Gasteiger partial charge in [-0.05, 0) is 19.1 Å². The van der Waals surface area contributed by atoms with Gasteiger partial charge in [-0.3, -0.25) is 24.6 Å². The number of non-ortho nitro benzene ring substituents is 1. The molecule has 14 heteroatoms. The van der Waals surface area contributed by atoms with Crippen LogP contribution in [0.25, 0.3) is 0 Å². The number of aromatic nitrogens is 3. The van der Waals surface area contributed by atoms with E-state index < -0.39 is 38.3 Å². The summed E-state index contributed by atoms with van der Waals surface area (Å²) < 4.78 is 27.8. The van der Waals surface area contributed by atoms with Crippen LogP contribution in [0.5, 0.6) is 0 Å². The summed E-state index contributed by atoms with van der Waals surface area (Å²) in [5.41, 5.74) is 1.10. The molecule has 2 aromatic heterocycles. The zero-order chi connectivity index (χ0) is 28.1. The molecular formula is C25H19N5O7S2. The molecule has 0 fully saturated rings. The number of sulfone groups is 1. The van der Waals surface area contributed by atoms with E-state index in [1.165, 1.54) is 12.5 Å². The van der Waals surface area contributed by atoms with Gasteiger partial charge in [0.05, 0.1) is 39.8 Å². The maximum Gasteiger partial charge on any atom is 0.296 e. The summed E-state index contributed by atoms with van der Waals surface area (Å²) in [6, 6.07) is 9.86. The summed E-state index contributed by atoms with van der Waals surface area (Å²) in [6.07, 6.45) is 3.96. The van der Waals surface area contributed by atoms with Crippen molar-refractivity contribution < 1.29 is 28.0 Å². The molecule has 39 heavy (non-hydrogen) atoms. The van der Waals surface area contributed by atoms with Crippen LogP contribution in [0.15, 0.2) is 87.7 Å². The summed E-state index contributed by atoms with van der Waals surface area (Å²) in [7, 11) is -2.49. The normalized spacial score (nSPS) is 15.7. The molecular weight excluding hydrogens is 546 g/mol. The van der Waals surface area contributed by atoms with Crippen LogP contribution in [0.4, 0.5) is 10.8 Å². The number of benzene rings is 2. The van der Waals surface area contributed by atoms with Gasteiger partial charge in [-0.25, -0.2) is 18.4 Å². The van der Waals surface area contributed by atoms with Gasteiger partial charge in [0.2, 0.25) is 9.84 Å². The number of ketones is 1. The number of nitro benzene ring substituents is 1. The molecule has 2 aromatic carbocycles. The van der Waals surface area contributed by atoms with E-state index in [1.54, 1.807) is 35.9 Å². The number of rotatable bonds is 7. The fourth-order valence-electron chi connectivity index (χ4n) is 4.16. The average molecular weight is 566 g/mol. The van der Waals surface area contributed by atoms with Crippen molar-refractivity contribution in [2.75, 3.05) is 4.90 Å². The molecule has 1 atom stereocenters. The largest absolute Gasteiger partial charge is 0.503 e. The molecule has 0 bridgehead atoms. The Morgan fingerprint density at radius 2 is 1.77 bits per heavy atom. The average Bonchev–Trinajstić information content (AvgIpc) is 3.63. The number of aryl methyl sites for hydroxylation is 2. The number of carbonyl (C=O) groups is 2. The second-order valence-corrected chi connectivity index (χ2v) is 11.9. The Morgan fingerprint density at radius 1 is 1.10 bits per heavy atom. The number of thiazole rings is 1. The van der Waals surface area contributed by atoms with Gasteiger partial charge in [0.1, 0.15) is 10.3 Å². The predicted octanol–water partition coefficient (Wildman–Crippen LogP) is 3.71. The van der Waals surface area contributed by atoms with E-state index in [4.69, 9.17) is 0 Å². The molecule has 0 saturated heterocycles. The first kappa shape index (κ1) is 25.9. The third kappa shape index (κ3) is 4.38. The molecule has 0 saturated carbocycles. The van der Waals surface area contributed by atoms with Gasteiger partial charge in [-0.15, -0.1) is 0 Å². The van der Waals surface area contributed by atoms with Crippen molar-refractivity contribution in [3.8, 4) is 0 Å². The fourth-order valence-corrected chi connectivity index (χ4v) is 6.70. The number of aliphatic hydroxyl groups is 1. The summed E-state index contributed by atoms with van der Waals surface area (Å²) >= 11 is 0.660. The molecule has 0 aliphatic carbocycles. The first-order valence-corrected chi connectivity index (χ1v) is 13.6. The molecule has 1 amide bonds. The smallest absolute Gasteiger partial charge is 0.296 e. The molecule has 0 radical (unpaired) electrons. The number of anilines is 1. The molecule has 0 spiro atoms. The molecule has 12 nitrogen and oxygen atoms in total. The van der Waals surface area contributed by atoms with E-state index in [-0.39, 0.29) is 31.1 Å². The summed E-state index contributed by atoms with van der Waals surface area (Å²) in [6.45, 7) is 1.86. The highest BCUT2D eigenvalue weighted by atomic mass is 32.2. The Kier molecular flexibility index (Phi) is 6.36. The van der Waals surface area contributed by atoms with Gasteiger partial charge in [0.25, 0.3) is 11.6 Å². The third-order valence-corrected chi connectivity index (χ3v) is 9.43. The minimum atomic E-state index is -4.14. The van der Waals surface area contributed by atoms with E-state index in [0.717, 1.165) is 40.9 Å². The standard InChI is InChI=1S/C25H19N5O7S2/c1-14-3-5-15(6-4-14)22(31)20-21(18-11-26-13-28(18)2)29(24(33)23(20)32)25-27-12-19(38-25)39(36,37)17-9-7-16(8-10-17)30(34)35/h3-13,21,32H,1-2H3. The highest BCUT2D eigenvalue weighted by Crippen LogP contribution is 2.44. The van der Waals surface area contributed by atoms with Crippen LogP contribution in [0.2, 0.25) is 0 Å². The van der Waals surface area contributed by atoms with Gasteiger partial charge in [-0.2, -0.15) is 0 Å². The van der Waals surface area contributed by atoms with Crippen molar-refractivity contribution in [2.24, 2.45) is 7.05 Å². The van der Waals surface area contributed by atoms with Crippen molar-refractivity contribution in [1.29, 1.82) is 0 Å². The lowest BCUT2D eigenvalue weighted by molar-refractivity contribution is -0.384. The van der Waals surface area contributed by atoms with Crippen LogP contribution in [0.1, 0.15) is 27.7 Å². The summed E-state index contributed by atoms with van der Waals surface area (Å²) in [5, 5.41) is 21.7. The Hall–Kier alpha value is -4.69. The number of Topliss-reactive ketones (excluding diaryl/α,β-unsaturated/α-hetero) is 1. The number of imidazole rings is 1. The van der Waals surface area contributed by atoms with Gasteiger partial charge in [-0.1, -0.05) is 41.2 Å². The number of hydrogen-bond acceptors (Lipinski definition) is 10. The number of carbonyl (C=O) groups excluding carboxylic acids is 2. The molecule has 1 aliphatic heterocycles. The van der Waals surface area contributed by atoms with Crippen LogP contribution in [-0.2, 0) is 21.7 Å². The Bertz CT molecular complexity index is 1770. The number of hydrogen-bond donors (Lipinski definition) is 1. The maximum atomic E-state index is 13.5. The van der Waals surface area contributed by atoms with Crippen LogP contribution < -0.4 is 4.90 Å². The van der Waals surface area contributed by atoms with E-state index in [2.05, 4.69) is 9.97 Å². The first-order valence-electron chi connectivity index (χ1n) is 11.3. The summed E-state index contributed by atoms with van der Waals surface area (Å²) in [4.78, 5) is 46.3. The van der Waals surface area contributed by atoms with E-state index in [9.17, 15) is 33.2 Å². The number of aliphatic hydroxyl groups excluding tert-OH is 1. The molecule has 5 rings (SSSR count). The topological polar surface area (TPSA) is 166 Å². The van der Waals surface area contributed by atoms with Crippen LogP contribution in [-0.4, -0.2) is 44.7 Å². The minimum Gasteiger partial charge on any atom is -0.503 e. The van der Waals surface area contributed by atoms with Crippen molar-refractivity contribution in [1.82, 2.24) is 14.5 Å². The van der Waals surface area contributed by atoms with Crippen molar-refractivity contribution in [2.45, 2.75) is 22.1 Å². The Morgan fingerprint density at radius 3 is 2.36 bits per heavy atom. The van der Waals surface area contributed by atoms with Crippen molar-refractivity contribution in [3.63, 3.8) is 0 Å². The van der Waals surface area contributed by atoms with Gasteiger partial charge in [0.15, 0.2) is 16.7 Å². The Balaban J connectivity index is 1.57. The summed E-state index contributed by atoms with van der Waals surface area (Å²) in [5.74, 6) is -2.28. The minimum absolute atomic E-state index is 0.0788. The number of nitro groups is 1. The molecule has 4 aromatic rings. The van der Waals surface area contributed by atoms with Crippen molar-refractivity contribution >= 4 is 43.7 Å². The predicted molar refractivity (Wildman–Crippen MR) is 139 cm³/mol. The zero-order valence-corrected chi connectivity index (χ0v) is 22.0. The van der Waals surface area contributed by atoms with Crippen molar-refractivity contribution in [3.05, 3.63) is 106 Å². The third-order valence-electron chi connectivity index (χ3n) is 6.20. The van der Waals surface area contributed by atoms with E-state index in [1.807, 2.05) is 6.92 Å². The van der Waals surface area contributed by atoms with Gasteiger partial charge < -0.3 is 9.67 Å². The van der Waals surface area contributed by atoms with E-state index in [0.29, 0.717) is 17.0 Å². The van der Waals surface area contributed by atoms with Gasteiger partial charge >= 0.3 is 0 Å². The molecule has 1 unspecified atom stereocenters. The van der Waals surface area contributed by atoms with E-state index >= 15 is 0 Å². The molecule has 3 heterocycles. The van der Waals surface area contributed by atoms with Crippen LogP contribution in [0, 0.1) is 17.0 Å². The highest BCUT2D eigenvalue weighted by molar-refractivity contribution is 7.93. The molecule has 1 aliphatic rings. The maximum absolute atomic E-state index is 13.5. The lowest BCUT2D eigenvalue weighted by Crippen LogP contribution is -2.32. The lowest BCUT2D eigenvalue weighted by Gasteiger charge is -2.24. The molecule has 198 valence electrons. The number of amides is 1. The Labute approximate surface area is 225 Å². The van der Waals surface area contributed by atoms with Gasteiger partial charge in [0, 0.05) is 24.7 Å². The second kappa shape index (κ2) is 9.56. The quantitative estimate of drug-likeness (QED) is 0.200. The first-order chi connectivity index (χ1) is 18.5. The SMILES string of the molecule is Cc1ccc(C(=O)C2=C(O)C(=O)N(c3ncc(S(=O)(=O)c4ccc([N+](=O)[O-])cc4)s3)C2c2cncn2C)cc1.